The molecule has 0 radical (unpaired) electrons. The number of thioether (sulfide) groups is 1. The molecule has 23 heavy (non-hydrogen) atoms. The lowest BCUT2D eigenvalue weighted by atomic mass is 10.1. The fourth-order valence-electron chi connectivity index (χ4n) is 2.46. The smallest absolute Gasteiger partial charge is 0.313 e. The summed E-state index contributed by atoms with van der Waals surface area (Å²) in [5.41, 5.74) is 2.50. The van der Waals surface area contributed by atoms with E-state index in [2.05, 4.69) is 10.3 Å². The van der Waals surface area contributed by atoms with E-state index in [4.69, 9.17) is 5.11 Å². The third kappa shape index (κ3) is 4.01. The summed E-state index contributed by atoms with van der Waals surface area (Å²) in [6, 6.07) is 9.57. The van der Waals surface area contributed by atoms with Gasteiger partial charge >= 0.3 is 5.97 Å². The number of benzene rings is 1. The third-order valence-electron chi connectivity index (χ3n) is 3.73. The van der Waals surface area contributed by atoms with E-state index in [9.17, 15) is 9.59 Å². The maximum atomic E-state index is 12.5. The number of para-hydroxylation sites is 1. The van der Waals surface area contributed by atoms with Crippen molar-refractivity contribution in [1.82, 2.24) is 10.3 Å². The molecule has 0 atom stereocenters. The highest BCUT2D eigenvalue weighted by molar-refractivity contribution is 7.99. The van der Waals surface area contributed by atoms with Crippen molar-refractivity contribution < 1.29 is 14.7 Å². The Morgan fingerprint density at radius 3 is 2.83 bits per heavy atom. The van der Waals surface area contributed by atoms with Crippen molar-refractivity contribution in [1.29, 1.82) is 0 Å². The number of carboxylic acid groups (broad SMARTS) is 1. The van der Waals surface area contributed by atoms with Gasteiger partial charge in [-0.3, -0.25) is 14.6 Å². The Morgan fingerprint density at radius 1 is 1.30 bits per heavy atom. The number of rotatable bonds is 7. The molecule has 6 heteroatoms. The van der Waals surface area contributed by atoms with Crippen LogP contribution in [0.4, 0.5) is 0 Å². The highest BCUT2D eigenvalue weighted by Crippen LogP contribution is 2.40. The van der Waals surface area contributed by atoms with E-state index < -0.39 is 5.97 Å². The first kappa shape index (κ1) is 15.8. The molecule has 0 saturated heterocycles. The first-order valence-corrected chi connectivity index (χ1v) is 8.78. The van der Waals surface area contributed by atoms with E-state index in [0.717, 1.165) is 29.4 Å². The summed E-state index contributed by atoms with van der Waals surface area (Å²) in [4.78, 5) is 27.6. The molecule has 1 aromatic carbocycles. The fraction of sp³-hybridized carbons (Fsp3) is 0.353. The average molecular weight is 330 g/mol. The van der Waals surface area contributed by atoms with Crippen LogP contribution in [0.3, 0.4) is 0 Å². The number of pyridine rings is 1. The molecule has 1 aromatic heterocycles. The van der Waals surface area contributed by atoms with E-state index in [1.165, 1.54) is 11.8 Å². The van der Waals surface area contributed by atoms with E-state index >= 15 is 0 Å². The number of hydrogen-bond donors (Lipinski definition) is 2. The van der Waals surface area contributed by atoms with Crippen LogP contribution < -0.4 is 5.32 Å². The Balaban J connectivity index is 1.72. The Kier molecular flexibility index (Phi) is 4.81. The predicted molar refractivity (Wildman–Crippen MR) is 91.0 cm³/mol. The molecule has 1 amide bonds. The minimum absolute atomic E-state index is 0.0554. The third-order valence-corrected chi connectivity index (χ3v) is 4.68. The largest absolute Gasteiger partial charge is 0.481 e. The van der Waals surface area contributed by atoms with Gasteiger partial charge in [0.15, 0.2) is 0 Å². The molecule has 1 aliphatic rings. The molecular weight excluding hydrogens is 312 g/mol. The molecule has 0 spiro atoms. The maximum absolute atomic E-state index is 12.5. The number of carbonyl (C=O) groups excluding carboxylic acids is 1. The predicted octanol–water partition coefficient (Wildman–Crippen LogP) is 2.66. The van der Waals surface area contributed by atoms with Crippen LogP contribution in [0.2, 0.25) is 0 Å². The standard InChI is InChI=1S/C17H18N2O3S/c20-16(21)10-23-8-7-18-17(22)13-9-15(11-5-6-11)19-14-4-2-1-3-12(13)14/h1-4,9,11H,5-8,10H2,(H,18,22)(H,20,21). The lowest BCUT2D eigenvalue weighted by Gasteiger charge is -2.10. The van der Waals surface area contributed by atoms with Crippen molar-refractivity contribution in [2.75, 3.05) is 18.1 Å². The topological polar surface area (TPSA) is 79.3 Å². The van der Waals surface area contributed by atoms with Crippen LogP contribution in [0, 0.1) is 0 Å². The zero-order valence-electron chi connectivity index (χ0n) is 12.6. The van der Waals surface area contributed by atoms with Gasteiger partial charge < -0.3 is 10.4 Å². The molecule has 0 aliphatic heterocycles. The van der Waals surface area contributed by atoms with Crippen LogP contribution in [0.15, 0.2) is 30.3 Å². The highest BCUT2D eigenvalue weighted by Gasteiger charge is 2.26. The van der Waals surface area contributed by atoms with Gasteiger partial charge in [0.2, 0.25) is 0 Å². The van der Waals surface area contributed by atoms with Crippen molar-refractivity contribution in [3.8, 4) is 0 Å². The van der Waals surface area contributed by atoms with E-state index in [0.29, 0.717) is 23.8 Å². The fourth-order valence-corrected chi connectivity index (χ4v) is 3.03. The molecule has 3 rings (SSSR count). The number of carbonyl (C=O) groups is 2. The van der Waals surface area contributed by atoms with Crippen molar-refractivity contribution in [3.05, 3.63) is 41.6 Å². The Labute approximate surface area is 138 Å². The van der Waals surface area contributed by atoms with Gasteiger partial charge in [0.25, 0.3) is 5.91 Å². The van der Waals surface area contributed by atoms with E-state index in [1.807, 2.05) is 30.3 Å². The number of hydrogen-bond acceptors (Lipinski definition) is 4. The molecule has 0 bridgehead atoms. The second-order valence-electron chi connectivity index (χ2n) is 5.59. The molecule has 1 aliphatic carbocycles. The number of amides is 1. The summed E-state index contributed by atoms with van der Waals surface area (Å²) < 4.78 is 0. The number of carboxylic acids is 1. The summed E-state index contributed by atoms with van der Waals surface area (Å²) in [5.74, 6) is 0.158. The van der Waals surface area contributed by atoms with Crippen LogP contribution >= 0.6 is 11.8 Å². The zero-order valence-corrected chi connectivity index (χ0v) is 13.4. The van der Waals surface area contributed by atoms with E-state index in [1.54, 1.807) is 0 Å². The van der Waals surface area contributed by atoms with Gasteiger partial charge in [-0.1, -0.05) is 18.2 Å². The van der Waals surface area contributed by atoms with Gasteiger partial charge in [-0.25, -0.2) is 0 Å². The zero-order chi connectivity index (χ0) is 16.2. The average Bonchev–Trinajstić information content (AvgIpc) is 3.38. The number of aliphatic carboxylic acids is 1. The summed E-state index contributed by atoms with van der Waals surface area (Å²) >= 11 is 1.29. The second kappa shape index (κ2) is 7.00. The summed E-state index contributed by atoms with van der Waals surface area (Å²) in [5, 5.41) is 12.3. The van der Waals surface area contributed by atoms with E-state index in [-0.39, 0.29) is 11.7 Å². The molecule has 1 saturated carbocycles. The van der Waals surface area contributed by atoms with Crippen LogP contribution in [0.25, 0.3) is 10.9 Å². The van der Waals surface area contributed by atoms with Crippen LogP contribution in [0.5, 0.6) is 0 Å². The molecule has 2 aromatic rings. The first-order chi connectivity index (χ1) is 11.1. The van der Waals surface area contributed by atoms with Crippen LogP contribution in [-0.4, -0.2) is 40.0 Å². The van der Waals surface area contributed by atoms with Crippen molar-refractivity contribution in [2.24, 2.45) is 0 Å². The van der Waals surface area contributed by atoms with Gasteiger partial charge in [0.1, 0.15) is 0 Å². The Morgan fingerprint density at radius 2 is 2.09 bits per heavy atom. The van der Waals surface area contributed by atoms with Crippen molar-refractivity contribution in [3.63, 3.8) is 0 Å². The normalized spacial score (nSPS) is 13.9. The minimum Gasteiger partial charge on any atom is -0.481 e. The number of nitrogens with zero attached hydrogens (tertiary/aromatic N) is 1. The molecule has 1 heterocycles. The Bertz CT molecular complexity index is 744. The number of aromatic nitrogens is 1. The molecule has 2 N–H and O–H groups in total. The first-order valence-electron chi connectivity index (χ1n) is 7.62. The molecule has 0 unspecified atom stereocenters. The van der Waals surface area contributed by atoms with Gasteiger partial charge in [-0.2, -0.15) is 0 Å². The summed E-state index contributed by atoms with van der Waals surface area (Å²) in [6.07, 6.45) is 2.27. The van der Waals surface area contributed by atoms with Crippen molar-refractivity contribution >= 4 is 34.5 Å². The molecule has 1 fully saturated rings. The van der Waals surface area contributed by atoms with Crippen LogP contribution in [0.1, 0.15) is 34.8 Å². The highest BCUT2D eigenvalue weighted by atomic mass is 32.2. The van der Waals surface area contributed by atoms with Crippen molar-refractivity contribution in [2.45, 2.75) is 18.8 Å². The lowest BCUT2D eigenvalue weighted by Crippen LogP contribution is -2.26. The minimum atomic E-state index is -0.837. The Hall–Kier alpha value is -2.08. The monoisotopic (exact) mass is 330 g/mol. The molecular formula is C17H18N2O3S. The number of nitrogens with one attached hydrogen (secondary N) is 1. The second-order valence-corrected chi connectivity index (χ2v) is 6.69. The summed E-state index contributed by atoms with van der Waals surface area (Å²) in [7, 11) is 0. The van der Waals surface area contributed by atoms with Gasteiger partial charge in [-0.15, -0.1) is 11.8 Å². The number of fused-ring (bicyclic) bond motifs is 1. The van der Waals surface area contributed by atoms with Gasteiger partial charge in [0, 0.05) is 29.3 Å². The quantitative estimate of drug-likeness (QED) is 0.763. The summed E-state index contributed by atoms with van der Waals surface area (Å²) in [6.45, 7) is 0.451. The van der Waals surface area contributed by atoms with Gasteiger partial charge in [0.05, 0.1) is 16.8 Å². The lowest BCUT2D eigenvalue weighted by molar-refractivity contribution is -0.133. The molecule has 5 nitrogen and oxygen atoms in total. The molecule has 120 valence electrons. The van der Waals surface area contributed by atoms with Crippen LogP contribution in [-0.2, 0) is 4.79 Å². The maximum Gasteiger partial charge on any atom is 0.313 e. The SMILES string of the molecule is O=C(O)CSCCNC(=O)c1cc(C2CC2)nc2ccccc12. The van der Waals surface area contributed by atoms with Gasteiger partial charge in [-0.05, 0) is 25.0 Å².